The van der Waals surface area contributed by atoms with Crippen molar-refractivity contribution in [3.63, 3.8) is 0 Å². The van der Waals surface area contributed by atoms with Gasteiger partial charge in [-0.15, -0.1) is 0 Å². The molecule has 0 radical (unpaired) electrons. The molecule has 4 heterocycles. The first-order valence-electron chi connectivity index (χ1n) is 31.6. The largest absolute Gasteiger partial charge is 0.494 e. The summed E-state index contributed by atoms with van der Waals surface area (Å²) in [6.45, 7) is 10.8. The van der Waals surface area contributed by atoms with Crippen LogP contribution < -0.4 is 48.3 Å². The summed E-state index contributed by atoms with van der Waals surface area (Å²) in [6.07, 6.45) is 6.55. The predicted molar refractivity (Wildman–Crippen MR) is 350 cm³/mol. The van der Waals surface area contributed by atoms with E-state index in [1.807, 2.05) is 155 Å². The molecule has 474 valence electrons. The molecule has 0 unspecified atom stereocenters. The van der Waals surface area contributed by atoms with Gasteiger partial charge in [0.25, 0.3) is 11.8 Å². The summed E-state index contributed by atoms with van der Waals surface area (Å²) in [5.74, 6) is 4.59. The number of piperazine rings is 2. The van der Waals surface area contributed by atoms with Crippen molar-refractivity contribution in [1.29, 1.82) is 0 Å². The standard InChI is InChI=1S/C33H39N3O4.C30H35N3O4.C10H12O3/c1-38-31-16-13-24(22-32(31)39-2)29(12-7-21-40-26-8-4-3-5-9-26)36-23-28-27(33(36)37)10-6-11-30(28)35-19-17-34(18-20-35)25-14-15-25;1-35-28-14-13-22(20-29(28)36-2)26(12-7-19-37-23-8-4-3-5-9-23)33-21-25-24(30(33)34)10-6-11-27(25)32-17-15-31-16-18-32;11-10(12)7-4-8-13-9-5-2-1-3-6-9/h3-6,8-11,13,16,22,25,29H,7,12,14-15,17-21,23H2,1-2H3;3-6,8-11,13-14,20,26,31H,7,12,15-19,21H2,1-2H3;1-3,5-6H,4,7-8H2,(H,11,12)/t29-;26-;/m11./s1. The number of carbonyl (C=O) groups is 3. The average molecular weight is 1220 g/mol. The molecule has 17 heteroatoms. The zero-order chi connectivity index (χ0) is 62.6. The number of hydrogen-bond donors (Lipinski definition) is 2. The molecule has 2 N–H and O–H groups in total. The number of para-hydroxylation sites is 3. The zero-order valence-electron chi connectivity index (χ0n) is 52.4. The molecule has 3 fully saturated rings. The third kappa shape index (κ3) is 16.5. The Morgan fingerprint density at radius 3 is 1.30 bits per heavy atom. The molecule has 2 saturated heterocycles. The highest BCUT2D eigenvalue weighted by atomic mass is 16.5. The van der Waals surface area contributed by atoms with Crippen LogP contribution in [0.2, 0.25) is 0 Å². The number of benzene rings is 7. The number of carboxylic acid groups (broad SMARTS) is 1. The highest BCUT2D eigenvalue weighted by Gasteiger charge is 2.39. The van der Waals surface area contributed by atoms with E-state index in [4.69, 9.17) is 38.3 Å². The highest BCUT2D eigenvalue weighted by molar-refractivity contribution is 6.01. The molecule has 7 aromatic rings. The summed E-state index contributed by atoms with van der Waals surface area (Å²) in [5.41, 5.74) is 8.37. The maximum Gasteiger partial charge on any atom is 0.303 e. The number of carbonyl (C=O) groups excluding carboxylic acids is 2. The Morgan fingerprint density at radius 2 is 0.900 bits per heavy atom. The molecule has 12 rings (SSSR count). The van der Waals surface area contributed by atoms with E-state index in [1.54, 1.807) is 28.4 Å². The van der Waals surface area contributed by atoms with E-state index >= 15 is 0 Å². The second-order valence-corrected chi connectivity index (χ2v) is 23.0. The Bertz CT molecular complexity index is 3430. The number of aliphatic carboxylic acids is 1. The van der Waals surface area contributed by atoms with Crippen molar-refractivity contribution in [3.05, 3.63) is 197 Å². The average Bonchev–Trinajstić information content (AvgIpc) is 1.65. The molecule has 0 aromatic heterocycles. The van der Waals surface area contributed by atoms with Crippen molar-refractivity contribution >= 4 is 29.2 Å². The fourth-order valence-corrected chi connectivity index (χ4v) is 12.5. The van der Waals surface area contributed by atoms with Crippen LogP contribution in [0, 0.1) is 0 Å². The minimum atomic E-state index is -0.781. The number of fused-ring (bicyclic) bond motifs is 2. The van der Waals surface area contributed by atoms with Crippen molar-refractivity contribution < 1.29 is 52.6 Å². The highest BCUT2D eigenvalue weighted by Crippen LogP contribution is 2.43. The fraction of sp³-hybridized carbons (Fsp3) is 0.384. The number of nitrogens with zero attached hydrogens (tertiary/aromatic N) is 5. The number of methoxy groups -OCH3 is 4. The van der Waals surface area contributed by atoms with Gasteiger partial charge in [0, 0.05) is 112 Å². The molecule has 1 saturated carbocycles. The Kier molecular flexibility index (Phi) is 22.8. The minimum Gasteiger partial charge on any atom is -0.494 e. The van der Waals surface area contributed by atoms with Crippen LogP contribution in [0.4, 0.5) is 11.4 Å². The molecule has 4 aliphatic heterocycles. The van der Waals surface area contributed by atoms with E-state index < -0.39 is 5.97 Å². The molecule has 17 nitrogen and oxygen atoms in total. The predicted octanol–water partition coefficient (Wildman–Crippen LogP) is 12.1. The maximum atomic E-state index is 13.9. The quantitative estimate of drug-likeness (QED) is 0.0492. The van der Waals surface area contributed by atoms with E-state index in [1.165, 1.54) is 24.2 Å². The Morgan fingerprint density at radius 1 is 0.489 bits per heavy atom. The molecule has 0 bridgehead atoms. The molecular formula is C73H86N6O11. The summed E-state index contributed by atoms with van der Waals surface area (Å²) in [5, 5.41) is 11.8. The molecular weight excluding hydrogens is 1140 g/mol. The summed E-state index contributed by atoms with van der Waals surface area (Å²) in [7, 11) is 6.56. The van der Waals surface area contributed by atoms with Crippen LogP contribution in [-0.4, -0.2) is 144 Å². The fourth-order valence-electron chi connectivity index (χ4n) is 12.5. The first-order valence-corrected chi connectivity index (χ1v) is 31.6. The number of ether oxygens (including phenoxy) is 7. The molecule has 0 spiro atoms. The summed E-state index contributed by atoms with van der Waals surface area (Å²) in [6, 6.07) is 54.0. The molecule has 2 amide bonds. The van der Waals surface area contributed by atoms with Gasteiger partial charge in [-0.25, -0.2) is 0 Å². The monoisotopic (exact) mass is 1220 g/mol. The second kappa shape index (κ2) is 32.0. The van der Waals surface area contributed by atoms with Crippen LogP contribution in [0.25, 0.3) is 0 Å². The minimum absolute atomic E-state index is 0.0794. The van der Waals surface area contributed by atoms with Crippen LogP contribution in [-0.2, 0) is 17.9 Å². The molecule has 90 heavy (non-hydrogen) atoms. The van der Waals surface area contributed by atoms with Crippen molar-refractivity contribution in [1.82, 2.24) is 20.0 Å². The van der Waals surface area contributed by atoms with Crippen LogP contribution in [0.15, 0.2) is 164 Å². The van der Waals surface area contributed by atoms with Crippen molar-refractivity contribution in [2.45, 2.75) is 82.6 Å². The smallest absolute Gasteiger partial charge is 0.303 e. The number of rotatable bonds is 26. The Hall–Kier alpha value is -8.93. The van der Waals surface area contributed by atoms with Gasteiger partial charge in [-0.2, -0.15) is 0 Å². The zero-order valence-corrected chi connectivity index (χ0v) is 52.4. The number of hydrogen-bond acceptors (Lipinski definition) is 14. The summed E-state index contributed by atoms with van der Waals surface area (Å²) >= 11 is 0. The van der Waals surface area contributed by atoms with Gasteiger partial charge < -0.3 is 63.2 Å². The van der Waals surface area contributed by atoms with Crippen molar-refractivity contribution in [2.75, 3.05) is 110 Å². The maximum absolute atomic E-state index is 13.9. The van der Waals surface area contributed by atoms with Crippen LogP contribution in [0.5, 0.6) is 40.2 Å². The van der Waals surface area contributed by atoms with Gasteiger partial charge in [0.15, 0.2) is 23.0 Å². The summed E-state index contributed by atoms with van der Waals surface area (Å²) in [4.78, 5) is 49.4. The van der Waals surface area contributed by atoms with E-state index in [2.05, 4.69) is 38.2 Å². The number of amides is 2. The van der Waals surface area contributed by atoms with Crippen molar-refractivity contribution in [2.24, 2.45) is 0 Å². The lowest BCUT2D eigenvalue weighted by molar-refractivity contribution is -0.137. The van der Waals surface area contributed by atoms with Gasteiger partial charge in [0.2, 0.25) is 0 Å². The van der Waals surface area contributed by atoms with Gasteiger partial charge in [-0.3, -0.25) is 19.3 Å². The first-order chi connectivity index (χ1) is 44.1. The van der Waals surface area contributed by atoms with E-state index in [0.29, 0.717) is 62.3 Å². The first kappa shape index (κ1) is 64.1. The van der Waals surface area contributed by atoms with Gasteiger partial charge in [-0.1, -0.05) is 78.9 Å². The third-order valence-corrected chi connectivity index (χ3v) is 17.3. The van der Waals surface area contributed by atoms with E-state index in [0.717, 1.165) is 135 Å². The van der Waals surface area contributed by atoms with Crippen LogP contribution >= 0.6 is 0 Å². The van der Waals surface area contributed by atoms with Crippen LogP contribution in [0.3, 0.4) is 0 Å². The number of nitrogens with one attached hydrogen (secondary N) is 1. The lowest BCUT2D eigenvalue weighted by atomic mass is 9.99. The van der Waals surface area contributed by atoms with Crippen LogP contribution in [0.1, 0.15) is 106 Å². The third-order valence-electron chi connectivity index (χ3n) is 17.3. The van der Waals surface area contributed by atoms with Gasteiger partial charge in [-0.05, 0) is 141 Å². The van der Waals surface area contributed by atoms with E-state index in [9.17, 15) is 14.4 Å². The molecule has 7 aromatic carbocycles. The molecule has 2 atom stereocenters. The Balaban J connectivity index is 0.000000166. The normalized spacial score (nSPS) is 15.9. The van der Waals surface area contributed by atoms with E-state index in [-0.39, 0.29) is 30.3 Å². The molecule has 1 aliphatic carbocycles. The Labute approximate surface area is 529 Å². The summed E-state index contributed by atoms with van der Waals surface area (Å²) < 4.78 is 39.4. The van der Waals surface area contributed by atoms with Gasteiger partial charge in [0.1, 0.15) is 17.2 Å². The second-order valence-electron chi connectivity index (χ2n) is 23.0. The van der Waals surface area contributed by atoms with Crippen molar-refractivity contribution in [3.8, 4) is 40.2 Å². The molecule has 5 aliphatic rings. The van der Waals surface area contributed by atoms with Gasteiger partial charge in [0.05, 0.1) is 60.3 Å². The number of anilines is 2. The number of carboxylic acids is 1. The SMILES string of the molecule is COc1ccc([C@@H](CCCOc2ccccc2)N2Cc3c(cccc3N3CCN(C4CC4)CC3)C2=O)cc1OC.COc1ccc([C@@H](CCCOc2ccccc2)N2Cc3c(cccc3N3CCNCC3)C2=O)cc1OC.O=C(O)CCCOc1ccccc1. The topological polar surface area (TPSA) is 164 Å². The lowest BCUT2D eigenvalue weighted by Gasteiger charge is -2.37. The lowest BCUT2D eigenvalue weighted by Crippen LogP contribution is -2.47. The van der Waals surface area contributed by atoms with Gasteiger partial charge >= 0.3 is 5.97 Å².